The van der Waals surface area contributed by atoms with Crippen LogP contribution in [0, 0.1) is 6.92 Å². The number of hydrogen-bond donors (Lipinski definition) is 0. The molecule has 0 radical (unpaired) electrons. The van der Waals surface area contributed by atoms with Crippen LogP contribution in [0.3, 0.4) is 0 Å². The Morgan fingerprint density at radius 2 is 1.72 bits per heavy atom. The molecule has 146 valence electrons. The van der Waals surface area contributed by atoms with Gasteiger partial charge in [-0.15, -0.1) is 10.2 Å². The summed E-state index contributed by atoms with van der Waals surface area (Å²) in [5.41, 5.74) is 3.17. The molecule has 4 rings (SSSR count). The van der Waals surface area contributed by atoms with Gasteiger partial charge in [-0.05, 0) is 41.5 Å². The maximum absolute atomic E-state index is 12.5. The zero-order valence-corrected chi connectivity index (χ0v) is 16.6. The van der Waals surface area contributed by atoms with Crippen LogP contribution in [0.15, 0.2) is 71.1 Å². The van der Waals surface area contributed by atoms with Crippen LogP contribution in [0.2, 0.25) is 0 Å². The van der Waals surface area contributed by atoms with Crippen molar-refractivity contribution in [3.05, 3.63) is 83.7 Å². The lowest BCUT2D eigenvalue weighted by molar-refractivity contribution is -0.130. The van der Waals surface area contributed by atoms with E-state index in [0.717, 1.165) is 11.1 Å². The maximum Gasteiger partial charge on any atom is 0.247 e. The Hall–Kier alpha value is -3.47. The van der Waals surface area contributed by atoms with Gasteiger partial charge in [-0.25, -0.2) is 0 Å². The van der Waals surface area contributed by atoms with Crippen molar-refractivity contribution in [2.75, 3.05) is 7.05 Å². The minimum Gasteiger partial charge on any atom is -0.421 e. The second-order valence-electron chi connectivity index (χ2n) is 7.30. The number of carbonyl (C=O) groups excluding carboxylic acids is 1. The first-order valence-corrected chi connectivity index (χ1v) is 9.69. The summed E-state index contributed by atoms with van der Waals surface area (Å²) in [5, 5.41) is 10.6. The van der Waals surface area contributed by atoms with E-state index in [1.807, 2.05) is 50.4 Å². The third kappa shape index (κ3) is 4.51. The van der Waals surface area contributed by atoms with Crippen molar-refractivity contribution in [2.45, 2.75) is 26.3 Å². The van der Waals surface area contributed by atoms with Gasteiger partial charge in [0.1, 0.15) is 0 Å². The van der Waals surface area contributed by atoms with Crippen LogP contribution in [0.25, 0.3) is 22.2 Å². The Morgan fingerprint density at radius 3 is 2.52 bits per heavy atom. The number of benzene rings is 3. The molecule has 1 heterocycles. The molecule has 0 saturated heterocycles. The predicted molar refractivity (Wildman–Crippen MR) is 113 cm³/mol. The second-order valence-corrected chi connectivity index (χ2v) is 7.30. The minimum absolute atomic E-state index is 0.0493. The van der Waals surface area contributed by atoms with Gasteiger partial charge in [0.25, 0.3) is 0 Å². The van der Waals surface area contributed by atoms with E-state index in [1.165, 1.54) is 16.3 Å². The first-order valence-electron chi connectivity index (χ1n) is 9.69. The van der Waals surface area contributed by atoms with E-state index < -0.39 is 0 Å². The van der Waals surface area contributed by atoms with Crippen LogP contribution in [0.1, 0.15) is 23.4 Å². The van der Waals surface area contributed by atoms with Crippen molar-refractivity contribution in [3.63, 3.8) is 0 Å². The van der Waals surface area contributed by atoms with E-state index in [9.17, 15) is 4.79 Å². The Labute approximate surface area is 170 Å². The number of rotatable bonds is 6. The number of amides is 1. The monoisotopic (exact) mass is 385 g/mol. The first kappa shape index (κ1) is 18.9. The summed E-state index contributed by atoms with van der Waals surface area (Å²) in [4.78, 5) is 14.3. The van der Waals surface area contributed by atoms with Gasteiger partial charge in [0, 0.05) is 32.0 Å². The van der Waals surface area contributed by atoms with E-state index >= 15 is 0 Å². The zero-order valence-electron chi connectivity index (χ0n) is 16.6. The van der Waals surface area contributed by atoms with Gasteiger partial charge in [0.05, 0.1) is 0 Å². The Morgan fingerprint density at radius 1 is 0.966 bits per heavy atom. The van der Waals surface area contributed by atoms with Gasteiger partial charge < -0.3 is 9.32 Å². The van der Waals surface area contributed by atoms with Crippen LogP contribution < -0.4 is 0 Å². The third-order valence-corrected chi connectivity index (χ3v) is 4.98. The van der Waals surface area contributed by atoms with Gasteiger partial charge in [-0.3, -0.25) is 4.79 Å². The highest BCUT2D eigenvalue weighted by Gasteiger charge is 2.13. The minimum atomic E-state index is 0.0493. The van der Waals surface area contributed by atoms with Crippen LogP contribution in [0.5, 0.6) is 0 Å². The summed E-state index contributed by atoms with van der Waals surface area (Å²) in [7, 11) is 1.82. The molecule has 3 aromatic carbocycles. The lowest BCUT2D eigenvalue weighted by Gasteiger charge is -2.17. The number of hydrogen-bond acceptors (Lipinski definition) is 4. The smallest absolute Gasteiger partial charge is 0.247 e. The van der Waals surface area contributed by atoms with Crippen molar-refractivity contribution in [2.24, 2.45) is 0 Å². The fourth-order valence-electron chi connectivity index (χ4n) is 3.27. The van der Waals surface area contributed by atoms with Gasteiger partial charge in [0.2, 0.25) is 17.7 Å². The average Bonchev–Trinajstić information content (AvgIpc) is 3.21. The predicted octanol–water partition coefficient (Wildman–Crippen LogP) is 4.79. The van der Waals surface area contributed by atoms with Gasteiger partial charge in [-0.1, -0.05) is 54.1 Å². The average molecular weight is 385 g/mol. The summed E-state index contributed by atoms with van der Waals surface area (Å²) in [6.07, 6.45) is 0.763. The zero-order chi connectivity index (χ0) is 20.2. The molecular weight excluding hydrogens is 362 g/mol. The molecule has 0 unspecified atom stereocenters. The summed E-state index contributed by atoms with van der Waals surface area (Å²) >= 11 is 0. The summed E-state index contributed by atoms with van der Waals surface area (Å²) in [5.74, 6) is 1.01. The standard InChI is InChI=1S/C24H23N3O2/c1-17-7-10-20(11-8-17)24-26-25-22(29-24)13-14-23(28)27(2)16-18-9-12-19-5-3-4-6-21(19)15-18/h3-12,15H,13-14,16H2,1-2H3. The van der Waals surface area contributed by atoms with Crippen molar-refractivity contribution in [3.8, 4) is 11.5 Å². The molecule has 0 aliphatic rings. The highest BCUT2D eigenvalue weighted by molar-refractivity contribution is 5.83. The van der Waals surface area contributed by atoms with Crippen molar-refractivity contribution < 1.29 is 9.21 Å². The molecule has 1 aromatic heterocycles. The maximum atomic E-state index is 12.5. The molecule has 5 nitrogen and oxygen atoms in total. The molecule has 0 bridgehead atoms. The van der Waals surface area contributed by atoms with Crippen LogP contribution >= 0.6 is 0 Å². The lowest BCUT2D eigenvalue weighted by Crippen LogP contribution is -2.26. The number of fused-ring (bicyclic) bond motifs is 1. The van der Waals surface area contributed by atoms with E-state index in [-0.39, 0.29) is 5.91 Å². The molecule has 4 aromatic rings. The summed E-state index contributed by atoms with van der Waals surface area (Å²) in [6, 6.07) is 22.4. The Balaban J connectivity index is 1.34. The fourth-order valence-corrected chi connectivity index (χ4v) is 3.27. The normalized spacial score (nSPS) is 11.0. The van der Waals surface area contributed by atoms with Crippen molar-refractivity contribution >= 4 is 16.7 Å². The van der Waals surface area contributed by atoms with Gasteiger partial charge >= 0.3 is 0 Å². The first-order chi connectivity index (χ1) is 14.1. The van der Waals surface area contributed by atoms with Gasteiger partial charge in [-0.2, -0.15) is 0 Å². The molecule has 0 spiro atoms. The molecule has 5 heteroatoms. The molecule has 0 aliphatic heterocycles. The number of carbonyl (C=O) groups is 1. The van der Waals surface area contributed by atoms with Crippen LogP contribution in [-0.2, 0) is 17.8 Å². The van der Waals surface area contributed by atoms with Crippen LogP contribution in [-0.4, -0.2) is 28.1 Å². The molecule has 0 atom stereocenters. The van der Waals surface area contributed by atoms with E-state index in [0.29, 0.717) is 31.2 Å². The van der Waals surface area contributed by atoms with Crippen LogP contribution in [0.4, 0.5) is 0 Å². The summed E-state index contributed by atoms with van der Waals surface area (Å²) < 4.78 is 5.71. The Bertz CT molecular complexity index is 1130. The highest BCUT2D eigenvalue weighted by Crippen LogP contribution is 2.19. The topological polar surface area (TPSA) is 59.2 Å². The molecule has 0 N–H and O–H groups in total. The molecular formula is C24H23N3O2. The lowest BCUT2D eigenvalue weighted by atomic mass is 10.1. The molecule has 0 fully saturated rings. The SMILES string of the molecule is Cc1ccc(-c2nnc(CCC(=O)N(C)Cc3ccc4ccccc4c3)o2)cc1. The summed E-state index contributed by atoms with van der Waals surface area (Å²) in [6.45, 7) is 2.60. The van der Waals surface area contributed by atoms with E-state index in [4.69, 9.17) is 4.42 Å². The molecule has 1 amide bonds. The second kappa shape index (κ2) is 8.27. The number of aromatic nitrogens is 2. The molecule has 0 aliphatic carbocycles. The van der Waals surface area contributed by atoms with Crippen molar-refractivity contribution in [1.82, 2.24) is 15.1 Å². The number of nitrogens with zero attached hydrogens (tertiary/aromatic N) is 3. The van der Waals surface area contributed by atoms with Gasteiger partial charge in [0.15, 0.2) is 0 Å². The Kier molecular flexibility index (Phi) is 5.38. The molecule has 29 heavy (non-hydrogen) atoms. The highest BCUT2D eigenvalue weighted by atomic mass is 16.4. The van der Waals surface area contributed by atoms with Crippen molar-refractivity contribution in [1.29, 1.82) is 0 Å². The number of aryl methyl sites for hydroxylation is 2. The van der Waals surface area contributed by atoms with E-state index in [1.54, 1.807) is 4.90 Å². The molecule has 0 saturated carbocycles. The quantitative estimate of drug-likeness (QED) is 0.479. The fraction of sp³-hybridized carbons (Fsp3) is 0.208. The third-order valence-electron chi connectivity index (χ3n) is 4.98. The van der Waals surface area contributed by atoms with E-state index in [2.05, 4.69) is 40.5 Å². The largest absolute Gasteiger partial charge is 0.421 e.